The minimum Gasteiger partial charge on any atom is -0.459 e. The van der Waals surface area contributed by atoms with Crippen LogP contribution in [0, 0.1) is 5.92 Å². The van der Waals surface area contributed by atoms with E-state index in [-0.39, 0.29) is 24.0 Å². The molecule has 2 rings (SSSR count). The van der Waals surface area contributed by atoms with Crippen molar-refractivity contribution in [3.8, 4) is 0 Å². The molecule has 19 heavy (non-hydrogen) atoms. The Morgan fingerprint density at radius 2 is 2.26 bits per heavy atom. The first-order valence-electron chi connectivity index (χ1n) is 6.21. The summed E-state index contributed by atoms with van der Waals surface area (Å²) in [5.41, 5.74) is 0. The third kappa shape index (κ3) is 3.34. The molecule has 0 unspecified atom stereocenters. The summed E-state index contributed by atoms with van der Waals surface area (Å²) in [7, 11) is 3.27. The molecule has 106 valence electrons. The summed E-state index contributed by atoms with van der Waals surface area (Å²) in [4.78, 5) is 11.8. The Hall–Kier alpha value is -1.37. The van der Waals surface area contributed by atoms with E-state index in [0.29, 0.717) is 25.5 Å². The molecule has 2 heterocycles. The molecule has 3 atom stereocenters. The molecule has 1 aromatic heterocycles. The van der Waals surface area contributed by atoms with Crippen LogP contribution in [0.1, 0.15) is 10.6 Å². The monoisotopic (exact) mass is 269 g/mol. The molecule has 1 fully saturated rings. The van der Waals surface area contributed by atoms with Gasteiger partial charge in [0, 0.05) is 26.7 Å². The van der Waals surface area contributed by atoms with E-state index < -0.39 is 0 Å². The van der Waals surface area contributed by atoms with Crippen molar-refractivity contribution >= 4 is 5.91 Å². The van der Waals surface area contributed by atoms with Crippen LogP contribution in [0.3, 0.4) is 0 Å². The maximum atomic E-state index is 11.8. The molecule has 0 aromatic carbocycles. The van der Waals surface area contributed by atoms with E-state index in [9.17, 15) is 4.79 Å². The summed E-state index contributed by atoms with van der Waals surface area (Å²) in [6.45, 7) is 1.51. The number of carbonyl (C=O) groups is 1. The standard InChI is InChI=1S/C13H19NO5/c1-16-11-8-18-7-9(12(11)17-2)6-14-13(15)10-4-3-5-19-10/h3-5,9,11-12H,6-8H2,1-2H3,(H,14,15)/t9-,11-,12+/m1/s1. The summed E-state index contributed by atoms with van der Waals surface area (Å²) >= 11 is 0. The van der Waals surface area contributed by atoms with Crippen molar-refractivity contribution < 1.29 is 23.4 Å². The van der Waals surface area contributed by atoms with E-state index in [4.69, 9.17) is 18.6 Å². The molecule has 0 saturated carbocycles. The molecule has 0 spiro atoms. The third-order valence-corrected chi connectivity index (χ3v) is 3.29. The van der Waals surface area contributed by atoms with Crippen LogP contribution < -0.4 is 5.32 Å². The van der Waals surface area contributed by atoms with Crippen molar-refractivity contribution in [2.24, 2.45) is 5.92 Å². The van der Waals surface area contributed by atoms with Gasteiger partial charge in [0.15, 0.2) is 5.76 Å². The van der Waals surface area contributed by atoms with E-state index in [2.05, 4.69) is 5.32 Å². The van der Waals surface area contributed by atoms with Gasteiger partial charge < -0.3 is 23.9 Å². The van der Waals surface area contributed by atoms with Crippen molar-refractivity contribution in [2.75, 3.05) is 34.0 Å². The molecule has 1 aliphatic heterocycles. The second-order valence-electron chi connectivity index (χ2n) is 4.46. The summed E-state index contributed by atoms with van der Waals surface area (Å²) in [6, 6.07) is 3.30. The van der Waals surface area contributed by atoms with Gasteiger partial charge in [-0.1, -0.05) is 0 Å². The predicted octanol–water partition coefficient (Wildman–Crippen LogP) is 0.686. The number of nitrogens with one attached hydrogen (secondary N) is 1. The van der Waals surface area contributed by atoms with Gasteiger partial charge >= 0.3 is 0 Å². The third-order valence-electron chi connectivity index (χ3n) is 3.29. The smallest absolute Gasteiger partial charge is 0.286 e. The highest BCUT2D eigenvalue weighted by Crippen LogP contribution is 2.19. The molecule has 0 aliphatic carbocycles. The number of methoxy groups -OCH3 is 2. The zero-order valence-electron chi connectivity index (χ0n) is 11.1. The van der Waals surface area contributed by atoms with E-state index in [1.54, 1.807) is 26.4 Å². The highest BCUT2D eigenvalue weighted by molar-refractivity contribution is 5.91. The fourth-order valence-electron chi connectivity index (χ4n) is 2.27. The molecule has 6 heteroatoms. The van der Waals surface area contributed by atoms with E-state index in [1.165, 1.54) is 6.26 Å². The fraction of sp³-hybridized carbons (Fsp3) is 0.615. The molecule has 1 amide bonds. The molecule has 0 bridgehead atoms. The highest BCUT2D eigenvalue weighted by atomic mass is 16.6. The number of furan rings is 1. The molecule has 1 N–H and O–H groups in total. The van der Waals surface area contributed by atoms with Gasteiger partial charge in [-0.2, -0.15) is 0 Å². The summed E-state index contributed by atoms with van der Waals surface area (Å²) in [5, 5.41) is 2.82. The van der Waals surface area contributed by atoms with Crippen LogP contribution in [-0.2, 0) is 14.2 Å². The molecule has 1 aliphatic rings. The van der Waals surface area contributed by atoms with E-state index in [1.807, 2.05) is 0 Å². The number of rotatable bonds is 5. The first-order chi connectivity index (χ1) is 9.26. The zero-order valence-corrected chi connectivity index (χ0v) is 11.1. The maximum absolute atomic E-state index is 11.8. The lowest BCUT2D eigenvalue weighted by atomic mass is 9.96. The largest absolute Gasteiger partial charge is 0.459 e. The Kier molecular flexibility index (Phi) is 4.95. The molecule has 1 aromatic rings. The van der Waals surface area contributed by atoms with Gasteiger partial charge in [-0.3, -0.25) is 4.79 Å². The minimum absolute atomic E-state index is 0.0580. The summed E-state index contributed by atoms with van der Waals surface area (Å²) in [6.07, 6.45) is 1.28. The minimum atomic E-state index is -0.237. The fourth-order valence-corrected chi connectivity index (χ4v) is 2.27. The zero-order chi connectivity index (χ0) is 13.7. The van der Waals surface area contributed by atoms with Crippen LogP contribution in [0.15, 0.2) is 22.8 Å². The Balaban J connectivity index is 1.88. The van der Waals surface area contributed by atoms with E-state index >= 15 is 0 Å². The van der Waals surface area contributed by atoms with Crippen LogP contribution in [0.2, 0.25) is 0 Å². The van der Waals surface area contributed by atoms with Crippen LogP contribution >= 0.6 is 0 Å². The Morgan fingerprint density at radius 3 is 2.89 bits per heavy atom. The molecule has 6 nitrogen and oxygen atoms in total. The molecule has 0 radical (unpaired) electrons. The van der Waals surface area contributed by atoms with Crippen molar-refractivity contribution in [3.05, 3.63) is 24.2 Å². The normalized spacial score (nSPS) is 27.2. The van der Waals surface area contributed by atoms with Crippen LogP contribution in [0.4, 0.5) is 0 Å². The average molecular weight is 269 g/mol. The van der Waals surface area contributed by atoms with Gasteiger partial charge in [0.2, 0.25) is 0 Å². The quantitative estimate of drug-likeness (QED) is 0.851. The Labute approximate surface area is 112 Å². The SMILES string of the molecule is CO[C@H]1[C@H](CNC(=O)c2ccco2)COC[C@H]1OC. The number of hydrogen-bond acceptors (Lipinski definition) is 5. The summed E-state index contributed by atoms with van der Waals surface area (Å²) < 4.78 is 21.3. The number of hydrogen-bond donors (Lipinski definition) is 1. The lowest BCUT2D eigenvalue weighted by molar-refractivity contribution is -0.145. The van der Waals surface area contributed by atoms with Gasteiger partial charge in [-0.25, -0.2) is 0 Å². The van der Waals surface area contributed by atoms with Crippen LogP contribution in [-0.4, -0.2) is 52.1 Å². The highest BCUT2D eigenvalue weighted by Gasteiger charge is 2.34. The lowest BCUT2D eigenvalue weighted by Gasteiger charge is -2.36. The van der Waals surface area contributed by atoms with Crippen LogP contribution in [0.5, 0.6) is 0 Å². The Bertz CT molecular complexity index is 392. The summed E-state index contributed by atoms with van der Waals surface area (Å²) in [5.74, 6) is 0.121. The van der Waals surface area contributed by atoms with Crippen molar-refractivity contribution in [2.45, 2.75) is 12.2 Å². The molecular weight excluding hydrogens is 250 g/mol. The van der Waals surface area contributed by atoms with Crippen molar-refractivity contribution in [3.63, 3.8) is 0 Å². The van der Waals surface area contributed by atoms with Gasteiger partial charge in [0.1, 0.15) is 6.10 Å². The second-order valence-corrected chi connectivity index (χ2v) is 4.46. The lowest BCUT2D eigenvalue weighted by Crippen LogP contribution is -2.50. The topological polar surface area (TPSA) is 69.9 Å². The van der Waals surface area contributed by atoms with Crippen LogP contribution in [0.25, 0.3) is 0 Å². The maximum Gasteiger partial charge on any atom is 0.286 e. The number of amides is 1. The average Bonchev–Trinajstić information content (AvgIpc) is 2.98. The number of ether oxygens (including phenoxy) is 3. The van der Waals surface area contributed by atoms with Gasteiger partial charge in [0.05, 0.1) is 25.6 Å². The van der Waals surface area contributed by atoms with Crippen molar-refractivity contribution in [1.82, 2.24) is 5.32 Å². The first kappa shape index (κ1) is 14.0. The molecule has 1 saturated heterocycles. The second kappa shape index (κ2) is 6.70. The van der Waals surface area contributed by atoms with Gasteiger partial charge in [0.25, 0.3) is 5.91 Å². The van der Waals surface area contributed by atoms with E-state index in [0.717, 1.165) is 0 Å². The molecular formula is C13H19NO5. The Morgan fingerprint density at radius 1 is 1.42 bits per heavy atom. The predicted molar refractivity (Wildman–Crippen MR) is 66.9 cm³/mol. The number of carbonyl (C=O) groups excluding carboxylic acids is 1. The van der Waals surface area contributed by atoms with Gasteiger partial charge in [-0.15, -0.1) is 0 Å². The van der Waals surface area contributed by atoms with Crippen molar-refractivity contribution in [1.29, 1.82) is 0 Å². The first-order valence-corrected chi connectivity index (χ1v) is 6.21. The van der Waals surface area contributed by atoms with Gasteiger partial charge in [-0.05, 0) is 12.1 Å².